The average Bonchev–Trinajstić information content (AvgIpc) is 3.12. The van der Waals surface area contributed by atoms with Gasteiger partial charge in [0.25, 0.3) is 0 Å². The first-order valence-electron chi connectivity index (χ1n) is 6.05. The lowest BCUT2D eigenvalue weighted by molar-refractivity contribution is -0.185. The molecule has 1 aliphatic heterocycles. The van der Waals surface area contributed by atoms with Crippen molar-refractivity contribution in [1.29, 1.82) is 0 Å². The van der Waals surface area contributed by atoms with Crippen LogP contribution in [-0.2, 0) is 14.2 Å². The molecule has 0 spiro atoms. The van der Waals surface area contributed by atoms with Crippen molar-refractivity contribution in [3.8, 4) is 0 Å². The molecule has 0 bridgehead atoms. The topological polar surface area (TPSA) is 51.2 Å². The fourth-order valence-corrected chi connectivity index (χ4v) is 1.72. The van der Waals surface area contributed by atoms with E-state index in [1.807, 2.05) is 0 Å². The quantitative estimate of drug-likeness (QED) is 0.457. The van der Waals surface area contributed by atoms with E-state index in [1.54, 1.807) is 0 Å². The Morgan fingerprint density at radius 3 is 2.35 bits per heavy atom. The first-order valence-corrected chi connectivity index (χ1v) is 6.05. The molecule has 1 atom stereocenters. The Hall–Kier alpha value is -1.00. The second-order valence-electron chi connectivity index (χ2n) is 4.25. The highest BCUT2D eigenvalue weighted by atomic mass is 16.6. The first kappa shape index (κ1) is 14.1. The van der Waals surface area contributed by atoms with E-state index in [9.17, 15) is 5.11 Å². The van der Waals surface area contributed by atoms with Gasteiger partial charge in [-0.1, -0.05) is 19.6 Å². The standard InChI is InChI=1S/C8H14O2.C5H8O2/c1-2-10-8(9)6-4-3-5-7-8;1-2-6-3-5-4-7-5/h2,9H,1,3-7H2;2,5H,1,3-4H2. The Morgan fingerprint density at radius 1 is 1.24 bits per heavy atom. The third-order valence-corrected chi connectivity index (χ3v) is 2.74. The molecule has 4 nitrogen and oxygen atoms in total. The number of hydrogen-bond acceptors (Lipinski definition) is 4. The molecule has 4 heteroatoms. The average molecular weight is 242 g/mol. The lowest BCUT2D eigenvalue weighted by atomic mass is 9.94. The van der Waals surface area contributed by atoms with E-state index in [0.29, 0.717) is 12.7 Å². The smallest absolute Gasteiger partial charge is 0.207 e. The molecule has 98 valence electrons. The highest BCUT2D eigenvalue weighted by molar-refractivity contribution is 4.75. The Balaban J connectivity index is 0.000000181. The number of epoxide rings is 1. The molecule has 1 saturated carbocycles. The molecule has 1 saturated heterocycles. The van der Waals surface area contributed by atoms with Crippen molar-refractivity contribution in [3.05, 3.63) is 25.7 Å². The zero-order valence-corrected chi connectivity index (χ0v) is 10.3. The summed E-state index contributed by atoms with van der Waals surface area (Å²) in [5.41, 5.74) is 0. The molecule has 1 aliphatic carbocycles. The molecule has 0 aromatic rings. The third kappa shape index (κ3) is 6.34. The molecule has 2 rings (SSSR count). The summed E-state index contributed by atoms with van der Waals surface area (Å²) in [6.45, 7) is 8.33. The van der Waals surface area contributed by atoms with Crippen LogP contribution in [0.15, 0.2) is 25.7 Å². The second-order valence-corrected chi connectivity index (χ2v) is 4.25. The van der Waals surface area contributed by atoms with Crippen molar-refractivity contribution >= 4 is 0 Å². The van der Waals surface area contributed by atoms with Crippen molar-refractivity contribution in [2.45, 2.75) is 44.0 Å². The van der Waals surface area contributed by atoms with Crippen LogP contribution in [0, 0.1) is 0 Å². The molecule has 2 aliphatic rings. The van der Waals surface area contributed by atoms with Crippen molar-refractivity contribution < 1.29 is 19.3 Å². The van der Waals surface area contributed by atoms with Crippen LogP contribution < -0.4 is 0 Å². The van der Waals surface area contributed by atoms with E-state index in [-0.39, 0.29) is 0 Å². The van der Waals surface area contributed by atoms with Gasteiger partial charge in [-0.05, 0) is 12.8 Å². The summed E-state index contributed by atoms with van der Waals surface area (Å²) >= 11 is 0. The van der Waals surface area contributed by atoms with Gasteiger partial charge in [0.1, 0.15) is 12.7 Å². The predicted octanol–water partition coefficient (Wildman–Crippen LogP) is 2.34. The summed E-state index contributed by atoms with van der Waals surface area (Å²) in [5.74, 6) is -0.889. The zero-order chi connectivity index (χ0) is 12.6. The first-order chi connectivity index (χ1) is 8.20. The van der Waals surface area contributed by atoms with Crippen LogP contribution in [0.25, 0.3) is 0 Å². The fourth-order valence-electron chi connectivity index (χ4n) is 1.72. The van der Waals surface area contributed by atoms with Gasteiger partial charge in [0, 0.05) is 12.8 Å². The van der Waals surface area contributed by atoms with Crippen LogP contribution in [0.1, 0.15) is 32.1 Å². The van der Waals surface area contributed by atoms with Crippen LogP contribution in [0.5, 0.6) is 0 Å². The van der Waals surface area contributed by atoms with Gasteiger partial charge < -0.3 is 19.3 Å². The number of rotatable bonds is 5. The minimum absolute atomic E-state index is 0.359. The normalized spacial score (nSPS) is 24.9. The Bertz CT molecular complexity index is 230. The van der Waals surface area contributed by atoms with Crippen LogP contribution >= 0.6 is 0 Å². The van der Waals surface area contributed by atoms with Gasteiger partial charge in [-0.25, -0.2) is 0 Å². The summed E-state index contributed by atoms with van der Waals surface area (Å²) in [7, 11) is 0. The molecule has 0 aromatic heterocycles. The van der Waals surface area contributed by atoms with Crippen molar-refractivity contribution in [1.82, 2.24) is 0 Å². The van der Waals surface area contributed by atoms with E-state index in [1.165, 1.54) is 18.9 Å². The van der Waals surface area contributed by atoms with E-state index in [2.05, 4.69) is 13.2 Å². The molecule has 1 N–H and O–H groups in total. The second kappa shape index (κ2) is 7.35. The summed E-state index contributed by atoms with van der Waals surface area (Å²) in [5, 5.41) is 9.58. The number of ether oxygens (including phenoxy) is 3. The van der Waals surface area contributed by atoms with Crippen molar-refractivity contribution in [2.75, 3.05) is 13.2 Å². The van der Waals surface area contributed by atoms with Crippen LogP contribution in [0.2, 0.25) is 0 Å². The third-order valence-electron chi connectivity index (χ3n) is 2.74. The lowest BCUT2D eigenvalue weighted by Crippen LogP contribution is -2.32. The maximum atomic E-state index is 9.58. The molecule has 0 aromatic carbocycles. The molecular weight excluding hydrogens is 220 g/mol. The highest BCUT2D eigenvalue weighted by Gasteiger charge is 2.29. The van der Waals surface area contributed by atoms with Crippen molar-refractivity contribution in [3.63, 3.8) is 0 Å². The Labute approximate surface area is 103 Å². The molecule has 17 heavy (non-hydrogen) atoms. The Morgan fingerprint density at radius 2 is 1.88 bits per heavy atom. The molecule has 0 amide bonds. The summed E-state index contributed by atoms with van der Waals surface area (Å²) < 4.78 is 14.6. The predicted molar refractivity (Wildman–Crippen MR) is 65.2 cm³/mol. The minimum atomic E-state index is -0.889. The van der Waals surface area contributed by atoms with Gasteiger partial charge in [0.2, 0.25) is 5.79 Å². The molecular formula is C13H22O4. The van der Waals surface area contributed by atoms with Crippen LogP contribution in [0.4, 0.5) is 0 Å². The zero-order valence-electron chi connectivity index (χ0n) is 10.3. The minimum Gasteiger partial charge on any atom is -0.499 e. The van der Waals surface area contributed by atoms with E-state index in [4.69, 9.17) is 14.2 Å². The molecule has 1 unspecified atom stereocenters. The lowest BCUT2D eigenvalue weighted by Gasteiger charge is -2.30. The monoisotopic (exact) mass is 242 g/mol. The maximum absolute atomic E-state index is 9.58. The summed E-state index contributed by atoms with van der Waals surface area (Å²) in [4.78, 5) is 0. The molecule has 0 radical (unpaired) electrons. The van der Waals surface area contributed by atoms with Gasteiger partial charge in [0.05, 0.1) is 19.1 Å². The summed E-state index contributed by atoms with van der Waals surface area (Å²) in [6.07, 6.45) is 7.95. The number of aliphatic hydroxyl groups is 1. The van der Waals surface area contributed by atoms with Crippen LogP contribution in [-0.4, -0.2) is 30.2 Å². The van der Waals surface area contributed by atoms with Gasteiger partial charge in [-0.15, -0.1) is 0 Å². The van der Waals surface area contributed by atoms with E-state index >= 15 is 0 Å². The van der Waals surface area contributed by atoms with Gasteiger partial charge in [0.15, 0.2) is 0 Å². The SMILES string of the molecule is C=COC1(O)CCCCC1.C=COCC1CO1. The number of hydrogen-bond donors (Lipinski definition) is 1. The van der Waals surface area contributed by atoms with Gasteiger partial charge >= 0.3 is 0 Å². The molecule has 1 heterocycles. The van der Waals surface area contributed by atoms with Crippen molar-refractivity contribution in [2.24, 2.45) is 0 Å². The maximum Gasteiger partial charge on any atom is 0.207 e. The fraction of sp³-hybridized carbons (Fsp3) is 0.692. The van der Waals surface area contributed by atoms with Gasteiger partial charge in [-0.3, -0.25) is 0 Å². The largest absolute Gasteiger partial charge is 0.499 e. The Kier molecular flexibility index (Phi) is 6.08. The van der Waals surface area contributed by atoms with E-state index in [0.717, 1.165) is 32.3 Å². The van der Waals surface area contributed by atoms with E-state index < -0.39 is 5.79 Å². The highest BCUT2D eigenvalue weighted by Crippen LogP contribution is 2.28. The molecule has 2 fully saturated rings. The van der Waals surface area contributed by atoms with Gasteiger partial charge in [-0.2, -0.15) is 0 Å². The van der Waals surface area contributed by atoms with Crippen LogP contribution in [0.3, 0.4) is 0 Å². The summed E-state index contributed by atoms with van der Waals surface area (Å²) in [6, 6.07) is 0.